The van der Waals surface area contributed by atoms with Gasteiger partial charge in [-0.25, -0.2) is 0 Å². The number of benzene rings is 1. The van der Waals surface area contributed by atoms with Crippen LogP contribution in [-0.4, -0.2) is 25.4 Å². The van der Waals surface area contributed by atoms with Gasteiger partial charge in [-0.05, 0) is 26.0 Å². The third kappa shape index (κ3) is 3.83. The zero-order chi connectivity index (χ0) is 12.0. The molecule has 90 valence electrons. The summed E-state index contributed by atoms with van der Waals surface area (Å²) in [6, 6.07) is 5.85. The molecule has 0 saturated carbocycles. The van der Waals surface area contributed by atoms with Gasteiger partial charge in [-0.2, -0.15) is 0 Å². The van der Waals surface area contributed by atoms with Crippen molar-refractivity contribution in [3.63, 3.8) is 0 Å². The molecule has 0 saturated heterocycles. The second kappa shape index (κ2) is 6.51. The molecule has 0 unspecified atom stereocenters. The molecule has 0 aliphatic carbocycles. The first-order valence-electron chi connectivity index (χ1n) is 5.55. The van der Waals surface area contributed by atoms with Crippen molar-refractivity contribution in [1.29, 1.82) is 0 Å². The quantitative estimate of drug-likeness (QED) is 0.754. The maximum absolute atomic E-state index is 9.63. The summed E-state index contributed by atoms with van der Waals surface area (Å²) in [5.74, 6) is 0.761. The van der Waals surface area contributed by atoms with E-state index in [1.54, 1.807) is 14.0 Å². The van der Waals surface area contributed by atoms with Crippen molar-refractivity contribution in [3.8, 4) is 5.75 Å². The van der Waals surface area contributed by atoms with Crippen LogP contribution in [0.2, 0.25) is 0 Å². The lowest BCUT2D eigenvalue weighted by molar-refractivity contribution is 0.166. The number of rotatable bonds is 6. The lowest BCUT2D eigenvalue weighted by atomic mass is 10.1. The Hall–Kier alpha value is -1.06. The summed E-state index contributed by atoms with van der Waals surface area (Å²) in [6.45, 7) is 5.05. The number of aryl methyl sites for hydroxylation is 1. The van der Waals surface area contributed by atoms with Crippen LogP contribution in [-0.2, 0) is 4.74 Å². The number of methoxy groups -OCH3 is 1. The van der Waals surface area contributed by atoms with Crippen LogP contribution in [0.15, 0.2) is 18.2 Å². The molecule has 1 rings (SSSR count). The number of aliphatic hydroxyl groups excluding tert-OH is 1. The Kier molecular flexibility index (Phi) is 5.29. The van der Waals surface area contributed by atoms with Crippen molar-refractivity contribution in [2.75, 3.05) is 20.3 Å². The molecule has 0 spiro atoms. The highest BCUT2D eigenvalue weighted by Crippen LogP contribution is 2.26. The van der Waals surface area contributed by atoms with Gasteiger partial charge in [-0.15, -0.1) is 0 Å². The maximum atomic E-state index is 9.63. The SMILES string of the molecule is COCCCOc1ccc(C)cc1[C@H](C)O. The van der Waals surface area contributed by atoms with E-state index in [-0.39, 0.29) is 0 Å². The molecule has 0 fully saturated rings. The fourth-order valence-corrected chi connectivity index (χ4v) is 1.51. The average Bonchev–Trinajstić information content (AvgIpc) is 2.26. The van der Waals surface area contributed by atoms with E-state index in [0.717, 1.165) is 23.3 Å². The summed E-state index contributed by atoms with van der Waals surface area (Å²) < 4.78 is 10.6. The van der Waals surface area contributed by atoms with Crippen molar-refractivity contribution in [3.05, 3.63) is 29.3 Å². The minimum Gasteiger partial charge on any atom is -0.493 e. The van der Waals surface area contributed by atoms with Gasteiger partial charge in [0.05, 0.1) is 12.7 Å². The van der Waals surface area contributed by atoms with Crippen LogP contribution in [0.3, 0.4) is 0 Å². The van der Waals surface area contributed by atoms with E-state index in [0.29, 0.717) is 13.2 Å². The van der Waals surface area contributed by atoms with E-state index in [9.17, 15) is 5.11 Å². The van der Waals surface area contributed by atoms with Gasteiger partial charge in [0.2, 0.25) is 0 Å². The van der Waals surface area contributed by atoms with Gasteiger partial charge in [0, 0.05) is 25.7 Å². The predicted molar refractivity (Wildman–Crippen MR) is 63.8 cm³/mol. The van der Waals surface area contributed by atoms with Gasteiger partial charge in [0.1, 0.15) is 5.75 Å². The highest BCUT2D eigenvalue weighted by atomic mass is 16.5. The Morgan fingerprint density at radius 2 is 2.06 bits per heavy atom. The second-order valence-corrected chi connectivity index (χ2v) is 3.91. The number of aliphatic hydroxyl groups is 1. The van der Waals surface area contributed by atoms with Gasteiger partial charge in [-0.3, -0.25) is 0 Å². The fraction of sp³-hybridized carbons (Fsp3) is 0.538. The molecule has 0 aliphatic heterocycles. The van der Waals surface area contributed by atoms with E-state index in [2.05, 4.69) is 0 Å². The molecule has 16 heavy (non-hydrogen) atoms. The molecule has 1 aromatic rings. The summed E-state index contributed by atoms with van der Waals surface area (Å²) in [5.41, 5.74) is 1.97. The second-order valence-electron chi connectivity index (χ2n) is 3.91. The molecule has 1 aromatic carbocycles. The molecule has 0 aromatic heterocycles. The van der Waals surface area contributed by atoms with Crippen molar-refractivity contribution in [1.82, 2.24) is 0 Å². The third-order valence-electron chi connectivity index (χ3n) is 2.37. The largest absolute Gasteiger partial charge is 0.493 e. The van der Waals surface area contributed by atoms with Crippen molar-refractivity contribution in [2.24, 2.45) is 0 Å². The topological polar surface area (TPSA) is 38.7 Å². The van der Waals surface area contributed by atoms with Gasteiger partial charge in [-0.1, -0.05) is 11.6 Å². The van der Waals surface area contributed by atoms with Crippen molar-refractivity contribution < 1.29 is 14.6 Å². The van der Waals surface area contributed by atoms with E-state index < -0.39 is 6.10 Å². The zero-order valence-corrected chi connectivity index (χ0v) is 10.2. The predicted octanol–water partition coefficient (Wildman–Crippen LogP) is 2.46. The van der Waals surface area contributed by atoms with Crippen molar-refractivity contribution in [2.45, 2.75) is 26.4 Å². The first-order chi connectivity index (χ1) is 7.65. The highest BCUT2D eigenvalue weighted by Gasteiger charge is 2.09. The highest BCUT2D eigenvalue weighted by molar-refractivity contribution is 5.38. The smallest absolute Gasteiger partial charge is 0.125 e. The number of hydrogen-bond acceptors (Lipinski definition) is 3. The normalized spacial score (nSPS) is 12.5. The van der Waals surface area contributed by atoms with Crippen LogP contribution in [0.25, 0.3) is 0 Å². The van der Waals surface area contributed by atoms with Gasteiger partial charge >= 0.3 is 0 Å². The van der Waals surface area contributed by atoms with Gasteiger partial charge in [0.15, 0.2) is 0 Å². The Labute approximate surface area is 97.0 Å². The van der Waals surface area contributed by atoms with Crippen LogP contribution >= 0.6 is 0 Å². The molecule has 0 heterocycles. The summed E-state index contributed by atoms with van der Waals surface area (Å²) >= 11 is 0. The minimum atomic E-state index is -0.502. The van der Waals surface area contributed by atoms with Crippen LogP contribution in [0.1, 0.15) is 30.6 Å². The van der Waals surface area contributed by atoms with E-state index in [4.69, 9.17) is 9.47 Å². The molecular formula is C13H20O3. The first-order valence-corrected chi connectivity index (χ1v) is 5.55. The third-order valence-corrected chi connectivity index (χ3v) is 2.37. The Morgan fingerprint density at radius 3 is 2.69 bits per heavy atom. The lowest BCUT2D eigenvalue weighted by Crippen LogP contribution is -2.04. The van der Waals surface area contributed by atoms with Gasteiger partial charge < -0.3 is 14.6 Å². The Morgan fingerprint density at radius 1 is 1.31 bits per heavy atom. The molecule has 1 atom stereocenters. The van der Waals surface area contributed by atoms with Crippen molar-refractivity contribution >= 4 is 0 Å². The average molecular weight is 224 g/mol. The summed E-state index contributed by atoms with van der Waals surface area (Å²) in [5, 5.41) is 9.63. The first kappa shape index (κ1) is 13.0. The van der Waals surface area contributed by atoms with Crippen LogP contribution in [0.5, 0.6) is 5.75 Å². The molecular weight excluding hydrogens is 204 g/mol. The van der Waals surface area contributed by atoms with Crippen LogP contribution < -0.4 is 4.74 Å². The molecule has 1 N–H and O–H groups in total. The number of hydrogen-bond donors (Lipinski definition) is 1. The monoisotopic (exact) mass is 224 g/mol. The van der Waals surface area contributed by atoms with E-state index in [1.807, 2.05) is 25.1 Å². The molecule has 3 heteroatoms. The summed E-state index contributed by atoms with van der Waals surface area (Å²) in [7, 11) is 1.67. The molecule has 0 aliphatic rings. The molecule has 0 amide bonds. The maximum Gasteiger partial charge on any atom is 0.125 e. The lowest BCUT2D eigenvalue weighted by Gasteiger charge is -2.14. The standard InChI is InChI=1S/C13H20O3/c1-10-5-6-13(12(9-10)11(2)14)16-8-4-7-15-3/h5-6,9,11,14H,4,7-8H2,1-3H3/t11-/m0/s1. The van der Waals surface area contributed by atoms with Gasteiger partial charge in [0.25, 0.3) is 0 Å². The molecule has 0 radical (unpaired) electrons. The molecule has 0 bridgehead atoms. The van der Waals surface area contributed by atoms with E-state index in [1.165, 1.54) is 0 Å². The van der Waals surface area contributed by atoms with Crippen LogP contribution in [0, 0.1) is 6.92 Å². The van der Waals surface area contributed by atoms with Crippen LogP contribution in [0.4, 0.5) is 0 Å². The Bertz CT molecular complexity index is 321. The Balaban J connectivity index is 2.64. The van der Waals surface area contributed by atoms with E-state index >= 15 is 0 Å². The molecule has 3 nitrogen and oxygen atoms in total. The number of ether oxygens (including phenoxy) is 2. The minimum absolute atomic E-state index is 0.502. The fourth-order valence-electron chi connectivity index (χ4n) is 1.51. The zero-order valence-electron chi connectivity index (χ0n) is 10.2. The summed E-state index contributed by atoms with van der Waals surface area (Å²) in [4.78, 5) is 0. The summed E-state index contributed by atoms with van der Waals surface area (Å²) in [6.07, 6.45) is 0.348.